The van der Waals surface area contributed by atoms with E-state index in [0.29, 0.717) is 24.1 Å². The Morgan fingerprint density at radius 1 is 1.09 bits per heavy atom. The highest BCUT2D eigenvalue weighted by molar-refractivity contribution is 6.74. The van der Waals surface area contributed by atoms with Crippen LogP contribution in [0.15, 0.2) is 30.3 Å². The normalized spacial score (nSPS) is 18.8. The highest BCUT2D eigenvalue weighted by Gasteiger charge is 2.45. The Bertz CT molecular complexity index is 991. The summed E-state index contributed by atoms with van der Waals surface area (Å²) in [5, 5.41) is 1.18. The van der Waals surface area contributed by atoms with Crippen LogP contribution in [0.5, 0.6) is 5.75 Å². The molecule has 2 aromatic rings. The lowest BCUT2D eigenvalue weighted by molar-refractivity contribution is -0.162. The third-order valence-corrected chi connectivity index (χ3v) is 12.3. The van der Waals surface area contributed by atoms with Crippen molar-refractivity contribution in [2.75, 3.05) is 20.8 Å². The molecule has 0 saturated carbocycles. The Morgan fingerprint density at radius 2 is 1.79 bits per heavy atom. The summed E-state index contributed by atoms with van der Waals surface area (Å²) in [6.45, 7) is 11.9. The Balaban J connectivity index is 1.81. The van der Waals surface area contributed by atoms with E-state index in [0.717, 1.165) is 35.5 Å². The molecule has 5 nitrogen and oxygen atoms in total. The first kappa shape index (κ1) is 27.4. The van der Waals surface area contributed by atoms with Crippen molar-refractivity contribution >= 4 is 31.5 Å². The number of aryl methyl sites for hydroxylation is 1. The summed E-state index contributed by atoms with van der Waals surface area (Å²) < 4.78 is 24.1. The number of benzene rings is 1. The molecule has 1 aliphatic carbocycles. The lowest BCUT2D eigenvalue weighted by Gasteiger charge is -2.43. The molecule has 0 bridgehead atoms. The summed E-state index contributed by atoms with van der Waals surface area (Å²) in [4.78, 5) is 4.54. The molecular weight excluding hydrogens is 489 g/mol. The topological polar surface area (TPSA) is 49.8 Å². The van der Waals surface area contributed by atoms with Gasteiger partial charge in [-0.3, -0.25) is 0 Å². The first-order valence-corrected chi connectivity index (χ1v) is 15.4. The maximum Gasteiger partial charge on any atom is 0.192 e. The van der Waals surface area contributed by atoms with Crippen molar-refractivity contribution in [2.24, 2.45) is 0 Å². The highest BCUT2D eigenvalue weighted by Crippen LogP contribution is 2.43. The molecule has 1 aliphatic rings. The van der Waals surface area contributed by atoms with Crippen LogP contribution < -0.4 is 4.74 Å². The molecule has 1 aromatic carbocycles. The van der Waals surface area contributed by atoms with Crippen molar-refractivity contribution in [1.82, 2.24) is 4.98 Å². The van der Waals surface area contributed by atoms with Gasteiger partial charge in [0.25, 0.3) is 0 Å². The summed E-state index contributed by atoms with van der Waals surface area (Å²) in [5.74, 6) is 0.532. The van der Waals surface area contributed by atoms with Crippen molar-refractivity contribution in [3.8, 4) is 5.75 Å². The molecule has 1 heterocycles. The van der Waals surface area contributed by atoms with Crippen LogP contribution in [0.4, 0.5) is 0 Å². The molecular formula is C26H37Cl2NO4Si. The lowest BCUT2D eigenvalue weighted by Crippen LogP contribution is -2.49. The largest absolute Gasteiger partial charge is 0.489 e. The van der Waals surface area contributed by atoms with E-state index in [-0.39, 0.29) is 5.04 Å². The van der Waals surface area contributed by atoms with E-state index in [1.807, 2.05) is 24.3 Å². The molecule has 0 radical (unpaired) electrons. The van der Waals surface area contributed by atoms with Gasteiger partial charge in [-0.15, -0.1) is 0 Å². The monoisotopic (exact) mass is 525 g/mol. The average Bonchev–Trinajstić information content (AvgIpc) is 2.77. The molecule has 0 aliphatic heterocycles. The van der Waals surface area contributed by atoms with Gasteiger partial charge in [0.15, 0.2) is 25.5 Å². The molecule has 8 heteroatoms. The van der Waals surface area contributed by atoms with Crippen molar-refractivity contribution < 1.29 is 18.6 Å². The first-order valence-electron chi connectivity index (χ1n) is 11.7. The Labute approximate surface area is 215 Å². The third kappa shape index (κ3) is 5.80. The predicted molar refractivity (Wildman–Crippen MR) is 141 cm³/mol. The number of nitrogens with zero attached hydrogens (tertiary/aromatic N) is 1. The van der Waals surface area contributed by atoms with E-state index in [4.69, 9.17) is 41.8 Å². The summed E-state index contributed by atoms with van der Waals surface area (Å²) in [6.07, 6.45) is 2.33. The Morgan fingerprint density at radius 3 is 2.41 bits per heavy atom. The molecule has 0 saturated heterocycles. The summed E-state index contributed by atoms with van der Waals surface area (Å²) >= 11 is 12.8. The molecule has 0 unspecified atom stereocenters. The molecule has 34 heavy (non-hydrogen) atoms. The zero-order chi connectivity index (χ0) is 25.1. The maximum absolute atomic E-state index is 6.54. The molecule has 188 valence electrons. The van der Waals surface area contributed by atoms with Gasteiger partial charge in [0.1, 0.15) is 6.61 Å². The second-order valence-corrected chi connectivity index (χ2v) is 16.1. The first-order chi connectivity index (χ1) is 15.9. The fourth-order valence-electron chi connectivity index (χ4n) is 4.32. The van der Waals surface area contributed by atoms with Gasteiger partial charge in [0.2, 0.25) is 0 Å². The quantitative estimate of drug-likeness (QED) is 0.197. The lowest BCUT2D eigenvalue weighted by atomic mass is 9.69. The van der Waals surface area contributed by atoms with Gasteiger partial charge >= 0.3 is 0 Å². The maximum atomic E-state index is 6.54. The van der Waals surface area contributed by atoms with Crippen LogP contribution >= 0.6 is 23.2 Å². The van der Waals surface area contributed by atoms with Crippen LogP contribution in [-0.4, -0.2) is 40.4 Å². The zero-order valence-electron chi connectivity index (χ0n) is 21.3. The molecule has 1 aromatic heterocycles. The van der Waals surface area contributed by atoms with Gasteiger partial charge in [-0.1, -0.05) is 50.0 Å². The van der Waals surface area contributed by atoms with Crippen LogP contribution in [0.3, 0.4) is 0 Å². The Hall–Kier alpha value is -1.15. The van der Waals surface area contributed by atoms with Crippen molar-refractivity contribution in [1.29, 1.82) is 0 Å². The third-order valence-electron chi connectivity index (χ3n) is 7.30. The van der Waals surface area contributed by atoms with Gasteiger partial charge < -0.3 is 18.6 Å². The number of hydrogen-bond acceptors (Lipinski definition) is 5. The van der Waals surface area contributed by atoms with Crippen molar-refractivity contribution in [3.63, 3.8) is 0 Å². The minimum atomic E-state index is -1.88. The molecule has 0 spiro atoms. The van der Waals surface area contributed by atoms with Gasteiger partial charge in [-0.05, 0) is 72.8 Å². The van der Waals surface area contributed by atoms with E-state index in [1.54, 1.807) is 14.2 Å². The van der Waals surface area contributed by atoms with Crippen molar-refractivity contribution in [3.05, 3.63) is 57.3 Å². The minimum Gasteiger partial charge on any atom is -0.489 e. The van der Waals surface area contributed by atoms with E-state index in [9.17, 15) is 0 Å². The molecule has 1 atom stereocenters. The van der Waals surface area contributed by atoms with Crippen LogP contribution in [0.25, 0.3) is 0 Å². The second-order valence-electron chi connectivity index (χ2n) is 10.5. The summed E-state index contributed by atoms with van der Waals surface area (Å²) in [5.41, 5.74) is 2.64. The number of fused-ring (bicyclic) bond motifs is 1. The van der Waals surface area contributed by atoms with Gasteiger partial charge in [0.05, 0.1) is 17.7 Å². The number of ether oxygens (including phenoxy) is 3. The van der Waals surface area contributed by atoms with E-state index < -0.39 is 20.0 Å². The number of hydrogen-bond donors (Lipinski definition) is 0. The van der Waals surface area contributed by atoms with Crippen LogP contribution in [-0.2, 0) is 32.3 Å². The summed E-state index contributed by atoms with van der Waals surface area (Å²) in [6, 6.07) is 9.78. The number of methoxy groups -OCH3 is 2. The fraction of sp³-hybridized carbons (Fsp3) is 0.577. The van der Waals surface area contributed by atoms with Crippen LogP contribution in [0, 0.1) is 0 Å². The van der Waals surface area contributed by atoms with Crippen molar-refractivity contribution in [2.45, 2.75) is 76.5 Å². The van der Waals surface area contributed by atoms with Crippen LogP contribution in [0.2, 0.25) is 28.3 Å². The van der Waals surface area contributed by atoms with E-state index in [1.165, 1.54) is 5.56 Å². The molecule has 0 N–H and O–H groups in total. The molecule has 0 fully saturated rings. The Kier molecular flexibility index (Phi) is 8.76. The van der Waals surface area contributed by atoms with E-state index >= 15 is 0 Å². The van der Waals surface area contributed by atoms with Gasteiger partial charge in [0, 0.05) is 19.2 Å². The minimum absolute atomic E-state index is 0.133. The highest BCUT2D eigenvalue weighted by atomic mass is 35.5. The SMILES string of the molecule is COC(OC)[C@]1(COc2ccc(CO[Si](C)(C)C(C)(C)C)nc2Cl)CCCc2cc(Cl)ccc21. The second kappa shape index (κ2) is 10.9. The zero-order valence-corrected chi connectivity index (χ0v) is 23.8. The predicted octanol–water partition coefficient (Wildman–Crippen LogP) is 7.18. The van der Waals surface area contributed by atoms with Gasteiger partial charge in [-0.2, -0.15) is 0 Å². The standard InChI is InChI=1S/C26H37Cl2NO4Si/c1-25(2,3)34(6,7)33-16-20-11-13-22(23(28)29-20)32-17-26(24(30-4)31-5)14-8-9-18-15-19(27)10-12-21(18)26/h10-13,15,24H,8-9,14,16-17H2,1-7H3/t26-/m0/s1. The smallest absolute Gasteiger partial charge is 0.192 e. The number of rotatable bonds is 9. The van der Waals surface area contributed by atoms with E-state index in [2.05, 4.69) is 44.9 Å². The average molecular weight is 527 g/mol. The van der Waals surface area contributed by atoms with Crippen LogP contribution in [0.1, 0.15) is 50.4 Å². The molecule has 3 rings (SSSR count). The number of aromatic nitrogens is 1. The fourth-order valence-corrected chi connectivity index (χ4v) is 5.68. The number of pyridine rings is 1. The van der Waals surface area contributed by atoms with Gasteiger partial charge in [-0.25, -0.2) is 4.98 Å². The summed E-state index contributed by atoms with van der Waals surface area (Å²) in [7, 11) is 1.44. The molecule has 0 amide bonds. The number of halogens is 2.